The van der Waals surface area contributed by atoms with Crippen LogP contribution in [0.2, 0.25) is 10.0 Å². The lowest BCUT2D eigenvalue weighted by molar-refractivity contribution is -0.187. The van der Waals surface area contributed by atoms with Crippen LogP contribution < -0.4 is 0 Å². The first-order valence-corrected chi connectivity index (χ1v) is 10.7. The molecule has 3 aliphatic rings. The van der Waals surface area contributed by atoms with E-state index in [-0.39, 0.29) is 5.91 Å². The number of hydrogen-bond donors (Lipinski definition) is 0. The van der Waals surface area contributed by atoms with Crippen LogP contribution in [0.15, 0.2) is 18.2 Å². The first-order valence-electron chi connectivity index (χ1n) is 9.97. The van der Waals surface area contributed by atoms with Gasteiger partial charge in [0.25, 0.3) is 0 Å². The summed E-state index contributed by atoms with van der Waals surface area (Å²) in [4.78, 5) is 19.2. The number of carbonyl (C=O) groups excluding carboxylic acids is 1. The molecule has 0 atom stereocenters. The lowest BCUT2D eigenvalue weighted by atomic mass is 10.0. The van der Waals surface area contributed by atoms with Crippen LogP contribution in [0.1, 0.15) is 18.4 Å². The zero-order valence-corrected chi connectivity index (χ0v) is 17.6. The first-order chi connectivity index (χ1) is 13.5. The summed E-state index contributed by atoms with van der Waals surface area (Å²) in [7, 11) is 0. The molecule has 3 aliphatic heterocycles. The lowest BCUT2D eigenvalue weighted by Crippen LogP contribution is -2.52. The maximum atomic E-state index is 12.7. The first kappa shape index (κ1) is 20.4. The Balaban J connectivity index is 1.20. The molecule has 154 valence electrons. The van der Waals surface area contributed by atoms with Gasteiger partial charge < -0.3 is 14.4 Å². The molecule has 0 saturated carbocycles. The van der Waals surface area contributed by atoms with Gasteiger partial charge in [0.2, 0.25) is 5.91 Å². The third-order valence-electron chi connectivity index (χ3n) is 5.92. The average Bonchev–Trinajstić information content (AvgIpc) is 3.14. The Hall–Kier alpha value is -0.890. The number of amides is 1. The minimum absolute atomic E-state index is 0.210. The summed E-state index contributed by atoms with van der Waals surface area (Å²) < 4.78 is 11.5. The van der Waals surface area contributed by atoms with Crippen LogP contribution in [0.3, 0.4) is 0 Å². The number of ether oxygens (including phenoxy) is 2. The van der Waals surface area contributed by atoms with Crippen LogP contribution in [-0.2, 0) is 20.8 Å². The molecule has 1 spiro atoms. The number of piperidine rings is 1. The topological polar surface area (TPSA) is 45.3 Å². The number of halogens is 2. The van der Waals surface area contributed by atoms with Gasteiger partial charge in [0.1, 0.15) is 0 Å². The van der Waals surface area contributed by atoms with E-state index in [1.807, 2.05) is 17.0 Å². The lowest BCUT2D eigenvalue weighted by Gasteiger charge is -2.39. The van der Waals surface area contributed by atoms with Gasteiger partial charge in [0, 0.05) is 68.7 Å². The second-order valence-electron chi connectivity index (χ2n) is 7.78. The molecule has 0 bridgehead atoms. The molecular weight excluding hydrogens is 401 g/mol. The fraction of sp³-hybridized carbons (Fsp3) is 0.650. The molecule has 0 radical (unpaired) electrons. The van der Waals surface area contributed by atoms with E-state index in [1.54, 1.807) is 6.07 Å². The SMILES string of the molecule is O=C(CN1CCN(Cc2ccc(Cl)cc2Cl)CC1)N1CCC2(CC1)OCCO2. The maximum absolute atomic E-state index is 12.7. The van der Waals surface area contributed by atoms with E-state index in [9.17, 15) is 4.79 Å². The molecule has 28 heavy (non-hydrogen) atoms. The van der Waals surface area contributed by atoms with E-state index in [2.05, 4.69) is 9.80 Å². The Labute approximate surface area is 176 Å². The van der Waals surface area contributed by atoms with Crippen LogP contribution in [0.4, 0.5) is 0 Å². The van der Waals surface area contributed by atoms with Gasteiger partial charge in [-0.05, 0) is 17.7 Å². The molecule has 0 aromatic heterocycles. The monoisotopic (exact) mass is 427 g/mol. The fourth-order valence-corrected chi connectivity index (χ4v) is 4.64. The number of hydrogen-bond acceptors (Lipinski definition) is 5. The van der Waals surface area contributed by atoms with Crippen LogP contribution in [0.5, 0.6) is 0 Å². The average molecular weight is 428 g/mol. The van der Waals surface area contributed by atoms with Gasteiger partial charge in [-0.25, -0.2) is 0 Å². The molecule has 3 saturated heterocycles. The molecule has 0 unspecified atom stereocenters. The van der Waals surface area contributed by atoms with Crippen molar-refractivity contribution in [3.05, 3.63) is 33.8 Å². The van der Waals surface area contributed by atoms with Gasteiger partial charge in [-0.3, -0.25) is 14.6 Å². The fourth-order valence-electron chi connectivity index (χ4n) is 4.17. The van der Waals surface area contributed by atoms with Crippen molar-refractivity contribution in [2.45, 2.75) is 25.2 Å². The Bertz CT molecular complexity index is 694. The quantitative estimate of drug-likeness (QED) is 0.738. The predicted molar refractivity (Wildman–Crippen MR) is 109 cm³/mol. The largest absolute Gasteiger partial charge is 0.347 e. The second kappa shape index (κ2) is 8.86. The zero-order chi connectivity index (χ0) is 19.6. The highest BCUT2D eigenvalue weighted by atomic mass is 35.5. The van der Waals surface area contributed by atoms with Crippen molar-refractivity contribution in [2.75, 3.05) is 59.0 Å². The summed E-state index contributed by atoms with van der Waals surface area (Å²) in [5, 5.41) is 1.37. The van der Waals surface area contributed by atoms with Crippen molar-refractivity contribution in [3.8, 4) is 0 Å². The van der Waals surface area contributed by atoms with Crippen molar-refractivity contribution in [3.63, 3.8) is 0 Å². The summed E-state index contributed by atoms with van der Waals surface area (Å²) in [5.74, 6) is -0.215. The molecule has 3 fully saturated rings. The van der Waals surface area contributed by atoms with Crippen LogP contribution in [-0.4, -0.2) is 85.4 Å². The summed E-state index contributed by atoms with van der Waals surface area (Å²) in [6.07, 6.45) is 1.54. The number of piperazine rings is 1. The van der Waals surface area contributed by atoms with E-state index in [1.165, 1.54) is 0 Å². The van der Waals surface area contributed by atoms with Gasteiger partial charge in [-0.15, -0.1) is 0 Å². The van der Waals surface area contributed by atoms with Crippen molar-refractivity contribution >= 4 is 29.1 Å². The molecule has 1 aromatic rings. The number of carbonyl (C=O) groups is 1. The molecule has 1 aromatic carbocycles. The smallest absolute Gasteiger partial charge is 0.236 e. The van der Waals surface area contributed by atoms with Gasteiger partial charge >= 0.3 is 0 Å². The zero-order valence-electron chi connectivity index (χ0n) is 16.0. The summed E-state index contributed by atoms with van der Waals surface area (Å²) in [6, 6.07) is 5.65. The molecule has 6 nitrogen and oxygen atoms in total. The predicted octanol–water partition coefficient (Wildman–Crippen LogP) is 2.48. The number of rotatable bonds is 4. The summed E-state index contributed by atoms with van der Waals surface area (Å²) >= 11 is 12.3. The Morgan fingerprint density at radius 2 is 1.61 bits per heavy atom. The Morgan fingerprint density at radius 1 is 0.964 bits per heavy atom. The maximum Gasteiger partial charge on any atom is 0.236 e. The van der Waals surface area contributed by atoms with Crippen LogP contribution in [0, 0.1) is 0 Å². The third-order valence-corrected chi connectivity index (χ3v) is 6.51. The Morgan fingerprint density at radius 3 is 2.25 bits per heavy atom. The third kappa shape index (κ3) is 4.81. The molecule has 4 rings (SSSR count). The van der Waals surface area contributed by atoms with Gasteiger partial charge in [0.05, 0.1) is 19.8 Å². The van der Waals surface area contributed by atoms with Gasteiger partial charge in [-0.2, -0.15) is 0 Å². The molecular formula is C20H27Cl2N3O3. The van der Waals surface area contributed by atoms with E-state index in [4.69, 9.17) is 32.7 Å². The molecule has 3 heterocycles. The number of benzene rings is 1. The molecule has 1 amide bonds. The van der Waals surface area contributed by atoms with Gasteiger partial charge in [0.15, 0.2) is 5.79 Å². The minimum Gasteiger partial charge on any atom is -0.347 e. The van der Waals surface area contributed by atoms with E-state index < -0.39 is 5.79 Å². The van der Waals surface area contributed by atoms with Crippen molar-refractivity contribution < 1.29 is 14.3 Å². The number of nitrogens with zero attached hydrogens (tertiary/aromatic N) is 3. The second-order valence-corrected chi connectivity index (χ2v) is 8.62. The van der Waals surface area contributed by atoms with E-state index in [0.29, 0.717) is 42.9 Å². The van der Waals surface area contributed by atoms with Crippen molar-refractivity contribution in [1.82, 2.24) is 14.7 Å². The van der Waals surface area contributed by atoms with Crippen LogP contribution >= 0.6 is 23.2 Å². The number of likely N-dealkylation sites (tertiary alicyclic amines) is 1. The van der Waals surface area contributed by atoms with E-state index in [0.717, 1.165) is 51.1 Å². The normalized spacial score (nSPS) is 23.4. The summed E-state index contributed by atoms with van der Waals surface area (Å²) in [5.41, 5.74) is 1.09. The Kier molecular flexibility index (Phi) is 6.45. The highest BCUT2D eigenvalue weighted by Crippen LogP contribution is 2.31. The highest BCUT2D eigenvalue weighted by Gasteiger charge is 2.40. The molecule has 8 heteroatoms. The standard InChI is InChI=1S/C20H27Cl2N3O3/c21-17-2-1-16(18(22)13-17)14-23-7-9-24(10-8-23)15-19(26)25-5-3-20(4-6-25)27-11-12-28-20/h1-2,13H,3-12,14-15H2. The van der Waals surface area contributed by atoms with Crippen molar-refractivity contribution in [1.29, 1.82) is 0 Å². The minimum atomic E-state index is -0.425. The molecule has 0 aliphatic carbocycles. The van der Waals surface area contributed by atoms with Crippen LogP contribution in [0.25, 0.3) is 0 Å². The molecule has 0 N–H and O–H groups in total. The summed E-state index contributed by atoms with van der Waals surface area (Å²) in [6.45, 7) is 7.70. The van der Waals surface area contributed by atoms with Crippen molar-refractivity contribution in [2.24, 2.45) is 0 Å². The van der Waals surface area contributed by atoms with Gasteiger partial charge in [-0.1, -0.05) is 29.3 Å². The highest BCUT2D eigenvalue weighted by molar-refractivity contribution is 6.35. The van der Waals surface area contributed by atoms with E-state index >= 15 is 0 Å².